The minimum absolute atomic E-state index is 0.224. The van der Waals surface area contributed by atoms with Crippen LogP contribution in [-0.4, -0.2) is 54.5 Å². The number of thioether (sulfide) groups is 1. The number of hydrogen-bond acceptors (Lipinski definition) is 4. The van der Waals surface area contributed by atoms with Crippen LogP contribution in [0, 0.1) is 17.1 Å². The molecule has 3 nitrogen and oxygen atoms in total. The molecule has 2 atom stereocenters. The zero-order chi connectivity index (χ0) is 14.7. The van der Waals surface area contributed by atoms with Crippen molar-refractivity contribution < 1.29 is 4.39 Å². The van der Waals surface area contributed by atoms with Crippen LogP contribution in [0.5, 0.6) is 0 Å². The van der Waals surface area contributed by atoms with E-state index in [-0.39, 0.29) is 5.82 Å². The van der Waals surface area contributed by atoms with Crippen LogP contribution in [0.2, 0.25) is 0 Å². The number of benzene rings is 1. The first-order valence-corrected chi connectivity index (χ1v) is 7.94. The van der Waals surface area contributed by atoms with Crippen molar-refractivity contribution in [1.82, 2.24) is 9.80 Å². The summed E-state index contributed by atoms with van der Waals surface area (Å²) in [6.07, 6.45) is 2.13. The average Bonchev–Trinajstić information content (AvgIpc) is 2.84. The van der Waals surface area contributed by atoms with Crippen molar-refractivity contribution in [2.24, 2.45) is 0 Å². The Labute approximate surface area is 124 Å². The first kappa shape index (κ1) is 15.3. The molecule has 108 valence electrons. The highest BCUT2D eigenvalue weighted by Gasteiger charge is 2.33. The zero-order valence-electron chi connectivity index (χ0n) is 12.1. The lowest BCUT2D eigenvalue weighted by Crippen LogP contribution is -2.36. The van der Waals surface area contributed by atoms with Gasteiger partial charge in [-0.15, -0.1) is 0 Å². The smallest absolute Gasteiger partial charge is 0.127 e. The molecule has 0 N–H and O–H groups in total. The third-order valence-electron chi connectivity index (χ3n) is 3.85. The van der Waals surface area contributed by atoms with Gasteiger partial charge in [-0.1, -0.05) is 0 Å². The van der Waals surface area contributed by atoms with Gasteiger partial charge in [-0.25, -0.2) is 4.39 Å². The summed E-state index contributed by atoms with van der Waals surface area (Å²) < 4.78 is 13.8. The molecular formula is C15H20FN3S. The summed E-state index contributed by atoms with van der Waals surface area (Å²) in [7, 11) is 4.18. The van der Waals surface area contributed by atoms with Gasteiger partial charge in [0.25, 0.3) is 0 Å². The van der Waals surface area contributed by atoms with Crippen LogP contribution >= 0.6 is 11.8 Å². The number of nitriles is 1. The van der Waals surface area contributed by atoms with Gasteiger partial charge in [-0.05, 0) is 38.6 Å². The minimum atomic E-state index is -0.224. The Morgan fingerprint density at radius 1 is 1.45 bits per heavy atom. The van der Waals surface area contributed by atoms with Gasteiger partial charge in [0.2, 0.25) is 0 Å². The summed E-state index contributed by atoms with van der Waals surface area (Å²) in [5.41, 5.74) is 1.13. The number of halogens is 1. The van der Waals surface area contributed by atoms with E-state index in [0.29, 0.717) is 29.0 Å². The summed E-state index contributed by atoms with van der Waals surface area (Å²) in [5, 5.41) is 9.46. The van der Waals surface area contributed by atoms with Crippen molar-refractivity contribution in [3.05, 3.63) is 35.1 Å². The van der Waals surface area contributed by atoms with Crippen LogP contribution in [0.3, 0.4) is 0 Å². The summed E-state index contributed by atoms with van der Waals surface area (Å²) in [4.78, 5) is 4.51. The Kier molecular flexibility index (Phi) is 5.03. The number of likely N-dealkylation sites (N-methyl/N-ethyl adjacent to an activating group) is 1. The van der Waals surface area contributed by atoms with E-state index in [2.05, 4.69) is 36.2 Å². The van der Waals surface area contributed by atoms with Gasteiger partial charge in [0.15, 0.2) is 0 Å². The van der Waals surface area contributed by atoms with Gasteiger partial charge in [-0.3, -0.25) is 4.90 Å². The molecule has 0 aromatic heterocycles. The standard InChI is InChI=1S/C15H20FN3S/c1-18(2)14-9-19(10-15(14)20-3)8-12-6-11(7-17)4-5-13(12)16/h4-6,14-15H,8-10H2,1-3H3/t14-,15+/m1/s1. The van der Waals surface area contributed by atoms with Gasteiger partial charge in [0.05, 0.1) is 11.6 Å². The number of hydrogen-bond donors (Lipinski definition) is 0. The quantitative estimate of drug-likeness (QED) is 0.851. The van der Waals surface area contributed by atoms with Gasteiger partial charge in [-0.2, -0.15) is 17.0 Å². The fourth-order valence-electron chi connectivity index (χ4n) is 2.70. The topological polar surface area (TPSA) is 30.3 Å². The highest BCUT2D eigenvalue weighted by Crippen LogP contribution is 2.26. The second-order valence-electron chi connectivity index (χ2n) is 5.42. The van der Waals surface area contributed by atoms with E-state index in [9.17, 15) is 4.39 Å². The molecule has 0 bridgehead atoms. The lowest BCUT2D eigenvalue weighted by atomic mass is 10.1. The van der Waals surface area contributed by atoms with Crippen LogP contribution in [0.4, 0.5) is 4.39 Å². The van der Waals surface area contributed by atoms with Crippen molar-refractivity contribution in [1.29, 1.82) is 5.26 Å². The Balaban J connectivity index is 2.10. The molecule has 1 fully saturated rings. The summed E-state index contributed by atoms with van der Waals surface area (Å²) in [6.45, 7) is 2.47. The summed E-state index contributed by atoms with van der Waals surface area (Å²) >= 11 is 1.87. The lowest BCUT2D eigenvalue weighted by molar-refractivity contribution is 0.263. The molecule has 1 aliphatic rings. The molecule has 1 saturated heterocycles. The van der Waals surface area contributed by atoms with Crippen molar-refractivity contribution in [2.75, 3.05) is 33.4 Å². The van der Waals surface area contributed by atoms with Crippen LogP contribution in [0.25, 0.3) is 0 Å². The normalized spacial score (nSPS) is 23.2. The monoisotopic (exact) mass is 293 g/mol. The Morgan fingerprint density at radius 2 is 2.20 bits per heavy atom. The number of rotatable bonds is 4. The third-order valence-corrected chi connectivity index (χ3v) is 4.92. The molecule has 0 amide bonds. The minimum Gasteiger partial charge on any atom is -0.304 e. The first-order valence-electron chi connectivity index (χ1n) is 6.65. The summed E-state index contributed by atoms with van der Waals surface area (Å²) in [5.74, 6) is -0.224. The van der Waals surface area contributed by atoms with Gasteiger partial charge >= 0.3 is 0 Å². The maximum Gasteiger partial charge on any atom is 0.127 e. The maximum atomic E-state index is 13.8. The molecule has 5 heteroatoms. The molecule has 1 aliphatic heterocycles. The van der Waals surface area contributed by atoms with Crippen LogP contribution in [0.1, 0.15) is 11.1 Å². The molecular weight excluding hydrogens is 273 g/mol. The average molecular weight is 293 g/mol. The Bertz CT molecular complexity index is 512. The molecule has 1 aromatic rings. The van der Waals surface area contributed by atoms with Crippen LogP contribution in [0.15, 0.2) is 18.2 Å². The number of nitrogens with zero attached hydrogens (tertiary/aromatic N) is 3. The highest BCUT2D eigenvalue weighted by atomic mass is 32.2. The predicted molar refractivity (Wildman–Crippen MR) is 81.2 cm³/mol. The first-order chi connectivity index (χ1) is 9.55. The third kappa shape index (κ3) is 3.32. The summed E-state index contributed by atoms with van der Waals surface area (Å²) in [6, 6.07) is 7.13. The van der Waals surface area contributed by atoms with Gasteiger partial charge in [0, 0.05) is 36.5 Å². The fraction of sp³-hybridized carbons (Fsp3) is 0.533. The predicted octanol–water partition coefficient (Wildman–Crippen LogP) is 2.17. The van der Waals surface area contributed by atoms with E-state index in [1.54, 1.807) is 6.07 Å². The van der Waals surface area contributed by atoms with E-state index in [4.69, 9.17) is 5.26 Å². The highest BCUT2D eigenvalue weighted by molar-refractivity contribution is 7.99. The maximum absolute atomic E-state index is 13.8. The Hall–Kier alpha value is -1.09. The van der Waals surface area contributed by atoms with Crippen LogP contribution in [-0.2, 0) is 6.54 Å². The van der Waals surface area contributed by atoms with Crippen molar-refractivity contribution >= 4 is 11.8 Å². The van der Waals surface area contributed by atoms with E-state index in [1.807, 2.05) is 11.8 Å². The van der Waals surface area contributed by atoms with Gasteiger partial charge in [0.1, 0.15) is 5.82 Å². The molecule has 1 heterocycles. The molecule has 0 spiro atoms. The fourth-order valence-corrected chi connectivity index (χ4v) is 3.70. The van der Waals surface area contributed by atoms with Crippen molar-refractivity contribution in [3.8, 4) is 6.07 Å². The van der Waals surface area contributed by atoms with E-state index < -0.39 is 0 Å². The van der Waals surface area contributed by atoms with Crippen LogP contribution < -0.4 is 0 Å². The zero-order valence-corrected chi connectivity index (χ0v) is 13.0. The molecule has 20 heavy (non-hydrogen) atoms. The molecule has 2 rings (SSSR count). The largest absolute Gasteiger partial charge is 0.304 e. The SMILES string of the molecule is CS[C@H]1CN(Cc2cc(C#N)ccc2F)C[C@H]1N(C)C. The Morgan fingerprint density at radius 3 is 2.75 bits per heavy atom. The van der Waals surface area contributed by atoms with E-state index in [1.165, 1.54) is 12.1 Å². The number of likely N-dealkylation sites (tertiary alicyclic amines) is 1. The van der Waals surface area contributed by atoms with E-state index in [0.717, 1.165) is 13.1 Å². The molecule has 0 unspecified atom stereocenters. The second kappa shape index (κ2) is 6.57. The van der Waals surface area contributed by atoms with Crippen molar-refractivity contribution in [3.63, 3.8) is 0 Å². The lowest BCUT2D eigenvalue weighted by Gasteiger charge is -2.23. The second-order valence-corrected chi connectivity index (χ2v) is 6.49. The molecule has 1 aromatic carbocycles. The molecule has 0 aliphatic carbocycles. The van der Waals surface area contributed by atoms with Gasteiger partial charge < -0.3 is 4.90 Å². The van der Waals surface area contributed by atoms with E-state index >= 15 is 0 Å². The molecule has 0 saturated carbocycles. The van der Waals surface area contributed by atoms with Crippen molar-refractivity contribution in [2.45, 2.75) is 17.8 Å². The molecule has 0 radical (unpaired) electrons.